The zero-order valence-electron chi connectivity index (χ0n) is 11.8. The average molecular weight is 328 g/mol. The van der Waals surface area contributed by atoms with Crippen LogP contribution in [0.5, 0.6) is 5.75 Å². The van der Waals surface area contributed by atoms with Crippen LogP contribution < -0.4 is 10.2 Å². The molecule has 23 heavy (non-hydrogen) atoms. The van der Waals surface area contributed by atoms with Crippen LogP contribution in [0.3, 0.4) is 0 Å². The van der Waals surface area contributed by atoms with E-state index in [1.807, 2.05) is 0 Å². The lowest BCUT2D eigenvalue weighted by Gasteiger charge is -2.13. The van der Waals surface area contributed by atoms with Crippen molar-refractivity contribution in [1.29, 1.82) is 0 Å². The summed E-state index contributed by atoms with van der Waals surface area (Å²) >= 11 is 0. The van der Waals surface area contributed by atoms with E-state index in [2.05, 4.69) is 0 Å². The summed E-state index contributed by atoms with van der Waals surface area (Å²) in [7, 11) is -1.94. The summed E-state index contributed by atoms with van der Waals surface area (Å²) in [5.74, 6) is -0.774. The number of rotatable bonds is 5. The Bertz CT molecular complexity index is 674. The smallest absolute Gasteiger partial charge is 0.491 e. The van der Waals surface area contributed by atoms with Crippen molar-refractivity contribution in [2.24, 2.45) is 0 Å². The third-order valence-corrected chi connectivity index (χ3v) is 3.21. The molecule has 2 N–H and O–H groups in total. The quantitative estimate of drug-likeness (QED) is 0.653. The lowest BCUT2D eigenvalue weighted by Crippen LogP contribution is -2.32. The Morgan fingerprint density at radius 2 is 1.74 bits per heavy atom. The third-order valence-electron chi connectivity index (χ3n) is 3.21. The molecule has 0 radical (unpaired) electrons. The predicted octanol–water partition coefficient (Wildman–Crippen LogP) is 2.15. The van der Waals surface area contributed by atoms with E-state index in [4.69, 9.17) is 14.8 Å². The van der Waals surface area contributed by atoms with Gasteiger partial charge in [0.1, 0.15) is 11.6 Å². The number of benzene rings is 2. The molecule has 3 nitrogen and oxygen atoms in total. The summed E-state index contributed by atoms with van der Waals surface area (Å²) in [6.07, 6.45) is -4.44. The van der Waals surface area contributed by atoms with Crippen molar-refractivity contribution in [2.75, 3.05) is 6.61 Å². The zero-order chi connectivity index (χ0) is 17.0. The van der Waals surface area contributed by atoms with Gasteiger partial charge in [-0.1, -0.05) is 24.3 Å². The minimum absolute atomic E-state index is 0.00167. The van der Waals surface area contributed by atoms with Crippen molar-refractivity contribution >= 4 is 12.6 Å². The maximum absolute atomic E-state index is 13.5. The first-order chi connectivity index (χ1) is 10.8. The molecule has 0 aliphatic rings. The summed E-state index contributed by atoms with van der Waals surface area (Å²) in [6.45, 7) is -0.0758. The summed E-state index contributed by atoms with van der Waals surface area (Å²) in [5, 5.41) is 17.8. The van der Waals surface area contributed by atoms with Gasteiger partial charge >= 0.3 is 13.3 Å². The molecule has 0 atom stereocenters. The van der Waals surface area contributed by atoms with Gasteiger partial charge in [0.2, 0.25) is 0 Å². The maximum atomic E-state index is 13.5. The second-order valence-electron chi connectivity index (χ2n) is 4.81. The van der Waals surface area contributed by atoms with E-state index in [1.165, 1.54) is 24.3 Å². The SMILES string of the molecule is OB(O)c1ccc(OCCc2ccccc2C(F)(F)F)cc1F. The lowest BCUT2D eigenvalue weighted by molar-refractivity contribution is -0.138. The fourth-order valence-corrected chi connectivity index (χ4v) is 2.10. The first-order valence-electron chi connectivity index (χ1n) is 6.72. The van der Waals surface area contributed by atoms with Crippen LogP contribution in [0, 0.1) is 5.82 Å². The highest BCUT2D eigenvalue weighted by Crippen LogP contribution is 2.32. The Hall–Kier alpha value is -2.06. The molecule has 0 bridgehead atoms. The molecule has 0 aliphatic carbocycles. The maximum Gasteiger partial charge on any atom is 0.491 e. The molecule has 2 aromatic rings. The highest BCUT2D eigenvalue weighted by molar-refractivity contribution is 6.58. The zero-order valence-corrected chi connectivity index (χ0v) is 11.8. The van der Waals surface area contributed by atoms with Gasteiger partial charge in [-0.15, -0.1) is 0 Å². The van der Waals surface area contributed by atoms with Crippen LogP contribution in [0.15, 0.2) is 42.5 Å². The van der Waals surface area contributed by atoms with Crippen molar-refractivity contribution < 1.29 is 32.3 Å². The largest absolute Gasteiger partial charge is 0.493 e. The molecule has 122 valence electrons. The number of ether oxygens (including phenoxy) is 1. The Labute approximate surface area is 130 Å². The first-order valence-corrected chi connectivity index (χ1v) is 6.72. The number of alkyl halides is 3. The standard InChI is InChI=1S/C15H13BF4O3/c17-14-9-11(5-6-13(14)16(21)22)23-8-7-10-3-1-2-4-12(10)15(18,19)20/h1-6,9,21-22H,7-8H2. The summed E-state index contributed by atoms with van der Waals surface area (Å²) in [6, 6.07) is 8.56. The molecule has 0 spiro atoms. The van der Waals surface area contributed by atoms with Gasteiger partial charge in [-0.2, -0.15) is 13.2 Å². The average Bonchev–Trinajstić information content (AvgIpc) is 2.46. The molecule has 0 saturated carbocycles. The fraction of sp³-hybridized carbons (Fsp3) is 0.200. The molecule has 0 aromatic heterocycles. The van der Waals surface area contributed by atoms with Gasteiger partial charge in [0.15, 0.2) is 0 Å². The van der Waals surface area contributed by atoms with Crippen LogP contribution in [0.4, 0.5) is 17.6 Å². The monoisotopic (exact) mass is 328 g/mol. The van der Waals surface area contributed by atoms with Crippen molar-refractivity contribution in [1.82, 2.24) is 0 Å². The third kappa shape index (κ3) is 4.46. The Balaban J connectivity index is 2.02. The van der Waals surface area contributed by atoms with Crippen LogP contribution in [0.2, 0.25) is 0 Å². The Morgan fingerprint density at radius 3 is 2.35 bits per heavy atom. The second kappa shape index (κ2) is 7.01. The van der Waals surface area contributed by atoms with Gasteiger partial charge in [0, 0.05) is 17.9 Å². The van der Waals surface area contributed by atoms with Crippen molar-refractivity contribution in [3.05, 3.63) is 59.4 Å². The van der Waals surface area contributed by atoms with E-state index >= 15 is 0 Å². The normalized spacial score (nSPS) is 11.4. The van der Waals surface area contributed by atoms with Crippen LogP contribution in [-0.4, -0.2) is 23.8 Å². The van der Waals surface area contributed by atoms with Crippen LogP contribution in [0.1, 0.15) is 11.1 Å². The topological polar surface area (TPSA) is 49.7 Å². The van der Waals surface area contributed by atoms with E-state index in [0.717, 1.165) is 18.2 Å². The first kappa shape index (κ1) is 17.3. The van der Waals surface area contributed by atoms with Gasteiger partial charge < -0.3 is 14.8 Å². The van der Waals surface area contributed by atoms with Crippen LogP contribution in [-0.2, 0) is 12.6 Å². The van der Waals surface area contributed by atoms with Crippen LogP contribution in [0.25, 0.3) is 0 Å². The van der Waals surface area contributed by atoms with Gasteiger partial charge in [-0.25, -0.2) is 4.39 Å². The second-order valence-corrected chi connectivity index (χ2v) is 4.81. The molecule has 8 heteroatoms. The highest BCUT2D eigenvalue weighted by atomic mass is 19.4. The summed E-state index contributed by atoms with van der Waals surface area (Å²) in [5.41, 5.74) is -0.948. The summed E-state index contributed by atoms with van der Waals surface area (Å²) < 4.78 is 57.2. The Kier molecular flexibility index (Phi) is 5.28. The number of halogens is 4. The molecule has 0 aliphatic heterocycles. The predicted molar refractivity (Wildman–Crippen MR) is 76.9 cm³/mol. The Morgan fingerprint density at radius 1 is 1.04 bits per heavy atom. The molecule has 0 saturated heterocycles. The minimum Gasteiger partial charge on any atom is -0.493 e. The van der Waals surface area contributed by atoms with E-state index in [0.29, 0.717) is 0 Å². The van der Waals surface area contributed by atoms with E-state index in [-0.39, 0.29) is 29.8 Å². The molecule has 0 fully saturated rings. The van der Waals surface area contributed by atoms with Gasteiger partial charge in [-0.05, 0) is 17.7 Å². The summed E-state index contributed by atoms with van der Waals surface area (Å²) in [4.78, 5) is 0. The van der Waals surface area contributed by atoms with Gasteiger partial charge in [0.25, 0.3) is 0 Å². The van der Waals surface area contributed by atoms with E-state index in [1.54, 1.807) is 0 Å². The highest BCUT2D eigenvalue weighted by Gasteiger charge is 2.32. The van der Waals surface area contributed by atoms with Crippen molar-refractivity contribution in [3.8, 4) is 5.75 Å². The van der Waals surface area contributed by atoms with Crippen LogP contribution >= 0.6 is 0 Å². The van der Waals surface area contributed by atoms with E-state index in [9.17, 15) is 17.6 Å². The molecular formula is C15H13BF4O3. The minimum atomic E-state index is -4.44. The molecule has 0 amide bonds. The molecule has 2 rings (SSSR count). The number of hydrogen-bond acceptors (Lipinski definition) is 3. The fourth-order valence-electron chi connectivity index (χ4n) is 2.10. The van der Waals surface area contributed by atoms with E-state index < -0.39 is 24.7 Å². The van der Waals surface area contributed by atoms with Gasteiger partial charge in [0.05, 0.1) is 12.2 Å². The molecule has 0 heterocycles. The van der Waals surface area contributed by atoms with Crippen molar-refractivity contribution in [2.45, 2.75) is 12.6 Å². The number of hydrogen-bond donors (Lipinski definition) is 2. The molecular weight excluding hydrogens is 315 g/mol. The van der Waals surface area contributed by atoms with Crippen molar-refractivity contribution in [3.63, 3.8) is 0 Å². The van der Waals surface area contributed by atoms with Gasteiger partial charge in [-0.3, -0.25) is 0 Å². The molecule has 2 aromatic carbocycles. The lowest BCUT2D eigenvalue weighted by atomic mass is 9.80. The molecule has 0 unspecified atom stereocenters.